The smallest absolute Gasteiger partial charge is 0.260 e. The second-order valence-electron chi connectivity index (χ2n) is 7.44. The van der Waals surface area contributed by atoms with Gasteiger partial charge in [-0.05, 0) is 44.0 Å². The van der Waals surface area contributed by atoms with Gasteiger partial charge in [0.2, 0.25) is 0 Å². The molecule has 5 nitrogen and oxygen atoms in total. The fourth-order valence-corrected chi connectivity index (χ4v) is 4.19. The Hall–Kier alpha value is -1.30. The van der Waals surface area contributed by atoms with E-state index in [-0.39, 0.29) is 25.0 Å². The van der Waals surface area contributed by atoms with E-state index in [1.165, 1.54) is 25.7 Å². The summed E-state index contributed by atoms with van der Waals surface area (Å²) >= 11 is 6.07. The number of para-hydroxylation sites is 1. The highest BCUT2D eigenvalue weighted by molar-refractivity contribution is 6.32. The van der Waals surface area contributed by atoms with Gasteiger partial charge in [0.25, 0.3) is 5.91 Å². The molecule has 2 fully saturated rings. The summed E-state index contributed by atoms with van der Waals surface area (Å²) in [6.45, 7) is 4.68. The Kier molecular flexibility index (Phi) is 7.17. The van der Waals surface area contributed by atoms with Gasteiger partial charge in [0.1, 0.15) is 5.75 Å². The molecule has 0 aromatic heterocycles. The second-order valence-corrected chi connectivity index (χ2v) is 7.84. The van der Waals surface area contributed by atoms with Gasteiger partial charge in [-0.15, -0.1) is 0 Å². The monoisotopic (exact) mass is 380 g/mol. The molecule has 1 aromatic carbocycles. The number of nitrogens with zero attached hydrogens (tertiary/aromatic N) is 2. The molecule has 0 unspecified atom stereocenters. The molecule has 0 bridgehead atoms. The van der Waals surface area contributed by atoms with Crippen LogP contribution in [0.25, 0.3) is 0 Å². The highest BCUT2D eigenvalue weighted by Gasteiger charge is 2.35. The Morgan fingerprint density at radius 2 is 1.81 bits per heavy atom. The lowest BCUT2D eigenvalue weighted by Gasteiger charge is -2.26. The van der Waals surface area contributed by atoms with Crippen LogP contribution in [0.5, 0.6) is 5.75 Å². The van der Waals surface area contributed by atoms with Gasteiger partial charge >= 0.3 is 0 Å². The van der Waals surface area contributed by atoms with Gasteiger partial charge in [0.05, 0.1) is 5.02 Å². The molecule has 2 aliphatic rings. The lowest BCUT2D eigenvalue weighted by molar-refractivity contribution is -0.132. The number of rotatable bonds is 6. The number of carbonyl (C=O) groups is 1. The first kappa shape index (κ1) is 19.5. The van der Waals surface area contributed by atoms with Crippen molar-refractivity contribution in [3.63, 3.8) is 0 Å². The number of hydrogen-bond donors (Lipinski definition) is 1. The van der Waals surface area contributed by atoms with E-state index in [1.54, 1.807) is 12.1 Å². The van der Waals surface area contributed by atoms with Crippen LogP contribution in [0.4, 0.5) is 0 Å². The molecule has 0 spiro atoms. The molecule has 3 rings (SSSR count). The zero-order valence-corrected chi connectivity index (χ0v) is 16.0. The summed E-state index contributed by atoms with van der Waals surface area (Å²) in [5.74, 6) is 0.980. The van der Waals surface area contributed by atoms with Crippen molar-refractivity contribution in [3.05, 3.63) is 29.3 Å². The summed E-state index contributed by atoms with van der Waals surface area (Å²) in [7, 11) is 0. The summed E-state index contributed by atoms with van der Waals surface area (Å²) in [6, 6.07) is 7.17. The number of aliphatic hydroxyl groups is 1. The van der Waals surface area contributed by atoms with Crippen LogP contribution in [0, 0.1) is 11.8 Å². The van der Waals surface area contributed by atoms with E-state index < -0.39 is 0 Å². The summed E-state index contributed by atoms with van der Waals surface area (Å²) < 4.78 is 5.59. The van der Waals surface area contributed by atoms with Gasteiger partial charge < -0.3 is 19.6 Å². The topological polar surface area (TPSA) is 53.0 Å². The molecule has 2 heterocycles. The Labute approximate surface area is 160 Å². The summed E-state index contributed by atoms with van der Waals surface area (Å²) in [6.07, 6.45) is 5.14. The minimum atomic E-state index is -0.0401. The number of ether oxygens (including phenoxy) is 1. The molecular formula is C20H29ClN2O3. The molecule has 2 aliphatic heterocycles. The zero-order chi connectivity index (χ0) is 18.4. The average molecular weight is 381 g/mol. The van der Waals surface area contributed by atoms with E-state index in [9.17, 15) is 9.90 Å². The van der Waals surface area contributed by atoms with E-state index in [2.05, 4.69) is 4.90 Å². The van der Waals surface area contributed by atoms with Crippen LogP contribution in [0.3, 0.4) is 0 Å². The second kappa shape index (κ2) is 9.58. The van der Waals surface area contributed by atoms with Crippen LogP contribution in [0.2, 0.25) is 5.02 Å². The third-order valence-electron chi connectivity index (χ3n) is 5.54. The molecule has 1 aromatic rings. The predicted octanol–water partition coefficient (Wildman–Crippen LogP) is 2.66. The summed E-state index contributed by atoms with van der Waals surface area (Å²) in [4.78, 5) is 16.9. The van der Waals surface area contributed by atoms with Crippen molar-refractivity contribution in [1.29, 1.82) is 0 Å². The van der Waals surface area contributed by atoms with Gasteiger partial charge in [-0.3, -0.25) is 4.79 Å². The third kappa shape index (κ3) is 5.12. The Morgan fingerprint density at radius 3 is 2.50 bits per heavy atom. The quantitative estimate of drug-likeness (QED) is 0.824. The highest BCUT2D eigenvalue weighted by Crippen LogP contribution is 2.26. The molecule has 6 heteroatoms. The SMILES string of the molecule is O=C(COc1ccccc1Cl)N1C[C@@H](CO)[C@@H](CN2CCCCCC2)C1. The number of amides is 1. The van der Waals surface area contributed by atoms with Crippen molar-refractivity contribution in [1.82, 2.24) is 9.80 Å². The maximum absolute atomic E-state index is 12.5. The molecule has 0 aliphatic carbocycles. The number of likely N-dealkylation sites (tertiary alicyclic amines) is 2. The van der Waals surface area contributed by atoms with Crippen molar-refractivity contribution in [2.75, 3.05) is 45.9 Å². The standard InChI is InChI=1S/C20H29ClN2O3/c21-18-7-3-4-8-19(18)26-15-20(25)23-12-16(17(13-23)14-24)11-22-9-5-1-2-6-10-22/h3-4,7-8,16-17,24H,1-2,5-6,9-15H2/t16-,17-/m0/s1. The third-order valence-corrected chi connectivity index (χ3v) is 5.86. The van der Waals surface area contributed by atoms with Crippen LogP contribution >= 0.6 is 11.6 Å². The zero-order valence-electron chi connectivity index (χ0n) is 15.3. The van der Waals surface area contributed by atoms with Crippen LogP contribution < -0.4 is 4.74 Å². The van der Waals surface area contributed by atoms with Crippen molar-refractivity contribution in [3.8, 4) is 5.75 Å². The molecule has 0 radical (unpaired) electrons. The Bertz CT molecular complexity index is 590. The van der Waals surface area contributed by atoms with Crippen molar-refractivity contribution in [2.24, 2.45) is 11.8 Å². The molecule has 2 atom stereocenters. The van der Waals surface area contributed by atoms with Crippen LogP contribution in [-0.4, -0.2) is 66.8 Å². The highest BCUT2D eigenvalue weighted by atomic mass is 35.5. The van der Waals surface area contributed by atoms with Crippen molar-refractivity contribution in [2.45, 2.75) is 25.7 Å². The van der Waals surface area contributed by atoms with Crippen LogP contribution in [0.15, 0.2) is 24.3 Å². The number of aliphatic hydroxyl groups excluding tert-OH is 1. The van der Waals surface area contributed by atoms with E-state index in [1.807, 2.05) is 17.0 Å². The lowest BCUT2D eigenvalue weighted by Crippen LogP contribution is -2.36. The summed E-state index contributed by atoms with van der Waals surface area (Å²) in [5.41, 5.74) is 0. The van der Waals surface area contributed by atoms with E-state index in [4.69, 9.17) is 16.3 Å². The van der Waals surface area contributed by atoms with Gasteiger partial charge in [-0.2, -0.15) is 0 Å². The predicted molar refractivity (Wildman–Crippen MR) is 103 cm³/mol. The minimum absolute atomic E-state index is 0.0156. The van der Waals surface area contributed by atoms with Gasteiger partial charge in [-0.1, -0.05) is 36.6 Å². The fraction of sp³-hybridized carbons (Fsp3) is 0.650. The first-order chi connectivity index (χ1) is 12.7. The number of benzene rings is 1. The van der Waals surface area contributed by atoms with Crippen LogP contribution in [-0.2, 0) is 4.79 Å². The van der Waals surface area contributed by atoms with E-state index >= 15 is 0 Å². The van der Waals surface area contributed by atoms with Crippen molar-refractivity contribution >= 4 is 17.5 Å². The number of hydrogen-bond acceptors (Lipinski definition) is 4. The molecule has 2 saturated heterocycles. The van der Waals surface area contributed by atoms with Gasteiger partial charge in [-0.25, -0.2) is 0 Å². The molecule has 1 amide bonds. The summed E-state index contributed by atoms with van der Waals surface area (Å²) in [5, 5.41) is 10.3. The fourth-order valence-electron chi connectivity index (χ4n) is 4.00. The van der Waals surface area contributed by atoms with Crippen LogP contribution in [0.1, 0.15) is 25.7 Å². The first-order valence-corrected chi connectivity index (χ1v) is 10.0. The molecule has 26 heavy (non-hydrogen) atoms. The normalized spacial score (nSPS) is 24.5. The first-order valence-electron chi connectivity index (χ1n) is 9.65. The van der Waals surface area contributed by atoms with E-state index in [0.29, 0.717) is 29.8 Å². The lowest BCUT2D eigenvalue weighted by atomic mass is 9.96. The average Bonchev–Trinajstić information content (AvgIpc) is 2.88. The molecular weight excluding hydrogens is 352 g/mol. The Morgan fingerprint density at radius 1 is 1.12 bits per heavy atom. The largest absolute Gasteiger partial charge is 0.482 e. The molecule has 144 valence electrons. The Balaban J connectivity index is 1.52. The maximum atomic E-state index is 12.5. The number of halogens is 1. The van der Waals surface area contributed by atoms with E-state index in [0.717, 1.165) is 19.6 Å². The van der Waals surface area contributed by atoms with Crippen molar-refractivity contribution < 1.29 is 14.6 Å². The number of carbonyl (C=O) groups excluding carboxylic acids is 1. The minimum Gasteiger partial charge on any atom is -0.482 e. The van der Waals surface area contributed by atoms with Gasteiger partial charge in [0, 0.05) is 32.2 Å². The molecule has 0 saturated carbocycles. The van der Waals surface area contributed by atoms with Gasteiger partial charge in [0.15, 0.2) is 6.61 Å². The molecule has 1 N–H and O–H groups in total. The maximum Gasteiger partial charge on any atom is 0.260 e.